The van der Waals surface area contributed by atoms with Crippen LogP contribution in [0.4, 0.5) is 0 Å². The van der Waals surface area contributed by atoms with Crippen molar-refractivity contribution in [1.82, 2.24) is 24.6 Å². The Morgan fingerprint density at radius 2 is 2.11 bits per heavy atom. The first-order valence-electron chi connectivity index (χ1n) is 9.86. The van der Waals surface area contributed by atoms with Gasteiger partial charge in [0.15, 0.2) is 0 Å². The fourth-order valence-corrected chi connectivity index (χ4v) is 4.33. The van der Waals surface area contributed by atoms with E-state index < -0.39 is 0 Å². The van der Waals surface area contributed by atoms with Crippen molar-refractivity contribution in [2.75, 3.05) is 6.54 Å². The molecule has 7 heteroatoms. The lowest BCUT2D eigenvalue weighted by atomic mass is 9.98. The molecule has 1 saturated carbocycles. The number of hydrogen-bond acceptors (Lipinski definition) is 5. The van der Waals surface area contributed by atoms with E-state index in [2.05, 4.69) is 10.1 Å². The topological polar surface area (TPSA) is 73.1 Å². The molecule has 1 aliphatic carbocycles. The first-order chi connectivity index (χ1) is 13.0. The van der Waals surface area contributed by atoms with E-state index in [1.165, 1.54) is 12.8 Å². The lowest BCUT2D eigenvalue weighted by Gasteiger charge is -2.29. The van der Waals surface area contributed by atoms with Gasteiger partial charge in [-0.25, -0.2) is 9.97 Å². The van der Waals surface area contributed by atoms with Crippen LogP contribution in [0.3, 0.4) is 0 Å². The zero-order valence-corrected chi connectivity index (χ0v) is 16.1. The van der Waals surface area contributed by atoms with Crippen LogP contribution in [0, 0.1) is 0 Å². The molecule has 4 heterocycles. The number of aryl methyl sites for hydroxylation is 1. The number of rotatable bonds is 2. The Morgan fingerprint density at radius 3 is 2.89 bits per heavy atom. The minimum Gasteiger partial charge on any atom is -0.369 e. The van der Waals surface area contributed by atoms with E-state index in [1.54, 1.807) is 4.68 Å². The number of hydrogen-bond donors (Lipinski definition) is 0. The molecule has 2 aromatic heterocycles. The molecule has 142 valence electrons. The van der Waals surface area contributed by atoms with Crippen LogP contribution in [0.15, 0.2) is 6.20 Å². The number of nitrogens with zero attached hydrogens (tertiary/aromatic N) is 5. The van der Waals surface area contributed by atoms with Crippen molar-refractivity contribution in [2.24, 2.45) is 7.05 Å². The monoisotopic (exact) mass is 367 g/mol. The Labute approximate surface area is 158 Å². The van der Waals surface area contributed by atoms with Gasteiger partial charge in [0, 0.05) is 56.2 Å². The molecule has 2 aromatic rings. The molecule has 3 aliphatic rings. The summed E-state index contributed by atoms with van der Waals surface area (Å²) in [5.74, 6) is 1.59. The summed E-state index contributed by atoms with van der Waals surface area (Å²) < 4.78 is 7.60. The highest BCUT2D eigenvalue weighted by molar-refractivity contribution is 5.94. The number of aromatic nitrogens is 4. The Balaban J connectivity index is 1.42. The van der Waals surface area contributed by atoms with Crippen molar-refractivity contribution in [3.8, 4) is 0 Å². The first kappa shape index (κ1) is 16.9. The SMILES string of the molecule is C[C@@H]1Cc2c(nn(C)c2C(=O)N2CCc3nc(C4CC4)ncc3C2)[C@H](C)O1. The van der Waals surface area contributed by atoms with Gasteiger partial charge in [-0.2, -0.15) is 5.10 Å². The fourth-order valence-electron chi connectivity index (χ4n) is 4.33. The molecule has 0 aromatic carbocycles. The second kappa shape index (κ2) is 6.12. The van der Waals surface area contributed by atoms with Gasteiger partial charge in [0.05, 0.1) is 23.6 Å². The average molecular weight is 367 g/mol. The molecule has 0 radical (unpaired) electrons. The molecule has 27 heavy (non-hydrogen) atoms. The molecule has 1 fully saturated rings. The first-order valence-corrected chi connectivity index (χ1v) is 9.86. The highest BCUT2D eigenvalue weighted by atomic mass is 16.5. The summed E-state index contributed by atoms with van der Waals surface area (Å²) in [5, 5.41) is 4.58. The lowest BCUT2D eigenvalue weighted by molar-refractivity contribution is -0.00714. The highest BCUT2D eigenvalue weighted by Crippen LogP contribution is 2.38. The van der Waals surface area contributed by atoms with Crippen molar-refractivity contribution in [3.05, 3.63) is 40.2 Å². The molecule has 1 amide bonds. The van der Waals surface area contributed by atoms with Gasteiger partial charge in [0.25, 0.3) is 5.91 Å². The Bertz CT molecular complexity index is 917. The average Bonchev–Trinajstić information content (AvgIpc) is 3.44. The second-order valence-electron chi connectivity index (χ2n) is 8.08. The fraction of sp³-hybridized carbons (Fsp3) is 0.600. The summed E-state index contributed by atoms with van der Waals surface area (Å²) in [5.41, 5.74) is 4.82. The predicted molar refractivity (Wildman–Crippen MR) is 98.3 cm³/mol. The van der Waals surface area contributed by atoms with E-state index in [-0.39, 0.29) is 18.1 Å². The quantitative estimate of drug-likeness (QED) is 0.814. The molecular formula is C20H25N5O2. The highest BCUT2D eigenvalue weighted by Gasteiger charge is 2.34. The van der Waals surface area contributed by atoms with Gasteiger partial charge < -0.3 is 9.64 Å². The largest absolute Gasteiger partial charge is 0.369 e. The van der Waals surface area contributed by atoms with Crippen LogP contribution in [0.25, 0.3) is 0 Å². The minimum atomic E-state index is -0.0761. The van der Waals surface area contributed by atoms with Gasteiger partial charge in [-0.3, -0.25) is 9.48 Å². The summed E-state index contributed by atoms with van der Waals surface area (Å²) in [6, 6.07) is 0. The maximum Gasteiger partial charge on any atom is 0.272 e. The van der Waals surface area contributed by atoms with E-state index >= 15 is 0 Å². The minimum absolute atomic E-state index is 0.0458. The number of ether oxygens (including phenoxy) is 1. The third kappa shape index (κ3) is 2.84. The summed E-state index contributed by atoms with van der Waals surface area (Å²) in [6.07, 6.45) is 5.87. The maximum absolute atomic E-state index is 13.3. The normalized spacial score (nSPS) is 24.5. The van der Waals surface area contributed by atoms with E-state index in [4.69, 9.17) is 9.72 Å². The van der Waals surface area contributed by atoms with Gasteiger partial charge in [-0.15, -0.1) is 0 Å². The van der Waals surface area contributed by atoms with Gasteiger partial charge in [-0.1, -0.05) is 0 Å². The van der Waals surface area contributed by atoms with Crippen molar-refractivity contribution in [2.45, 2.75) is 64.2 Å². The van der Waals surface area contributed by atoms with Gasteiger partial charge in [-0.05, 0) is 26.7 Å². The van der Waals surface area contributed by atoms with Gasteiger partial charge in [0.1, 0.15) is 11.5 Å². The molecule has 5 rings (SSSR count). The Kier molecular flexibility index (Phi) is 3.82. The van der Waals surface area contributed by atoms with Crippen LogP contribution < -0.4 is 0 Å². The van der Waals surface area contributed by atoms with Crippen LogP contribution in [0.2, 0.25) is 0 Å². The molecule has 2 atom stereocenters. The molecule has 0 spiro atoms. The zero-order chi connectivity index (χ0) is 18.7. The van der Waals surface area contributed by atoms with Crippen molar-refractivity contribution in [1.29, 1.82) is 0 Å². The van der Waals surface area contributed by atoms with E-state index in [9.17, 15) is 4.79 Å². The molecule has 0 N–H and O–H groups in total. The van der Waals surface area contributed by atoms with Crippen molar-refractivity contribution >= 4 is 5.91 Å². The molecule has 2 aliphatic heterocycles. The standard InChI is InChI=1S/C20H25N5O2/c1-11-8-15-17(12(2)27-11)23-24(3)18(15)20(26)25-7-6-16-14(10-25)9-21-19(22-16)13-4-5-13/h9,11-13H,4-8,10H2,1-3H3/t11-,12+/m1/s1. The summed E-state index contributed by atoms with van der Waals surface area (Å²) in [4.78, 5) is 24.5. The lowest BCUT2D eigenvalue weighted by Crippen LogP contribution is -2.38. The molecule has 7 nitrogen and oxygen atoms in total. The van der Waals surface area contributed by atoms with Crippen LogP contribution in [0.1, 0.15) is 77.5 Å². The maximum atomic E-state index is 13.3. The van der Waals surface area contributed by atoms with Crippen LogP contribution in [0.5, 0.6) is 0 Å². The molecule has 0 bridgehead atoms. The van der Waals surface area contributed by atoms with E-state index in [1.807, 2.05) is 32.0 Å². The number of fused-ring (bicyclic) bond motifs is 2. The second-order valence-corrected chi connectivity index (χ2v) is 8.08. The van der Waals surface area contributed by atoms with Crippen LogP contribution in [-0.4, -0.2) is 43.2 Å². The van der Waals surface area contributed by atoms with Crippen LogP contribution >= 0.6 is 0 Å². The zero-order valence-electron chi connectivity index (χ0n) is 16.1. The smallest absolute Gasteiger partial charge is 0.272 e. The van der Waals surface area contributed by atoms with Gasteiger partial charge in [0.2, 0.25) is 0 Å². The Morgan fingerprint density at radius 1 is 1.30 bits per heavy atom. The third-order valence-electron chi connectivity index (χ3n) is 5.87. The number of carbonyl (C=O) groups is 1. The summed E-state index contributed by atoms with van der Waals surface area (Å²) >= 11 is 0. The van der Waals surface area contributed by atoms with E-state index in [0.717, 1.165) is 41.2 Å². The van der Waals surface area contributed by atoms with Crippen LogP contribution in [-0.2, 0) is 31.2 Å². The van der Waals surface area contributed by atoms with E-state index in [0.29, 0.717) is 24.7 Å². The van der Waals surface area contributed by atoms with Crippen molar-refractivity contribution < 1.29 is 9.53 Å². The third-order valence-corrected chi connectivity index (χ3v) is 5.87. The van der Waals surface area contributed by atoms with Crippen molar-refractivity contribution in [3.63, 3.8) is 0 Å². The summed E-state index contributed by atoms with van der Waals surface area (Å²) in [6.45, 7) is 5.31. The summed E-state index contributed by atoms with van der Waals surface area (Å²) in [7, 11) is 1.85. The van der Waals surface area contributed by atoms with Gasteiger partial charge >= 0.3 is 0 Å². The predicted octanol–water partition coefficient (Wildman–Crippen LogP) is 2.31. The number of carbonyl (C=O) groups excluding carboxylic acids is 1. The molecule has 0 unspecified atom stereocenters. The molecule has 0 saturated heterocycles. The number of amides is 1. The molecular weight excluding hydrogens is 342 g/mol. The Hall–Kier alpha value is -2.28.